The fourth-order valence-electron chi connectivity index (χ4n) is 6.39. The van der Waals surface area contributed by atoms with Crippen molar-refractivity contribution in [2.24, 2.45) is 0 Å². The van der Waals surface area contributed by atoms with E-state index < -0.39 is 20.0 Å². The first-order chi connectivity index (χ1) is 24.0. The molecule has 0 saturated carbocycles. The zero-order valence-corrected chi connectivity index (χ0v) is 34.8. The Hall–Kier alpha value is -0.500. The molecule has 0 aliphatic rings. The zero-order valence-electron chi connectivity index (χ0n) is 33.9. The number of carbonyl (C=O) groups is 1. The van der Waals surface area contributed by atoms with Gasteiger partial charge in [0.2, 0.25) is 5.91 Å². The minimum Gasteiger partial charge on any atom is -0.756 e. The Bertz CT molecular complexity index is 794. The summed E-state index contributed by atoms with van der Waals surface area (Å²) in [6, 6.07) is -0.791. The molecule has 0 aliphatic heterocycles. The van der Waals surface area contributed by atoms with Crippen LogP contribution in [0.2, 0.25) is 0 Å². The second-order valence-corrected chi connectivity index (χ2v) is 17.5. The van der Waals surface area contributed by atoms with Crippen molar-refractivity contribution in [1.29, 1.82) is 0 Å². The highest BCUT2D eigenvalue weighted by Crippen LogP contribution is 2.38. The third kappa shape index (κ3) is 35.9. The largest absolute Gasteiger partial charge is 0.756 e. The number of phosphoric acid groups is 1. The summed E-state index contributed by atoms with van der Waals surface area (Å²) in [4.78, 5) is 25.2. The molecule has 0 radical (unpaired) electrons. The van der Waals surface area contributed by atoms with E-state index in [1.807, 2.05) is 21.1 Å². The molecule has 8 nitrogen and oxygen atoms in total. The predicted molar refractivity (Wildman–Crippen MR) is 210 cm³/mol. The fraction of sp³-hybridized carbons (Fsp3) is 0.976. The summed E-state index contributed by atoms with van der Waals surface area (Å²) in [5.74, 6) is -0.163. The van der Waals surface area contributed by atoms with E-state index in [1.54, 1.807) is 0 Å². The third-order valence-corrected chi connectivity index (χ3v) is 10.8. The maximum absolute atomic E-state index is 12.8. The van der Waals surface area contributed by atoms with Crippen LogP contribution in [0.1, 0.15) is 206 Å². The minimum absolute atomic E-state index is 0.0157. The lowest BCUT2D eigenvalue weighted by molar-refractivity contribution is -0.870. The normalized spacial score (nSPS) is 14.5. The standard InChI is InChI=1S/C41H85N2O6P/c1-6-8-10-12-14-16-18-19-20-21-22-23-24-25-27-29-31-33-35-41(45)42-39(38-49-50(46,47)48-37-36-43(3,4)5)40(44)34-32-30-28-26-17-15-13-11-9-7-2/h39-40,44H,6-38H2,1-5H3,(H-,42,45,46,47)/t39-,40+/m0/s1. The van der Waals surface area contributed by atoms with Gasteiger partial charge in [0.1, 0.15) is 13.2 Å². The van der Waals surface area contributed by atoms with Crippen LogP contribution >= 0.6 is 7.82 Å². The maximum atomic E-state index is 12.8. The predicted octanol–water partition coefficient (Wildman–Crippen LogP) is 10.8. The highest BCUT2D eigenvalue weighted by Gasteiger charge is 2.24. The molecule has 0 saturated heterocycles. The number of carbonyl (C=O) groups excluding carboxylic acids is 1. The summed E-state index contributed by atoms with van der Waals surface area (Å²) in [5, 5.41) is 13.8. The molecule has 0 aromatic rings. The molecule has 0 bridgehead atoms. The lowest BCUT2D eigenvalue weighted by Crippen LogP contribution is -2.46. The highest BCUT2D eigenvalue weighted by molar-refractivity contribution is 7.45. The van der Waals surface area contributed by atoms with Crippen LogP contribution in [0.15, 0.2) is 0 Å². The van der Waals surface area contributed by atoms with Crippen LogP contribution in [0.4, 0.5) is 0 Å². The van der Waals surface area contributed by atoms with Crippen LogP contribution < -0.4 is 10.2 Å². The molecule has 1 amide bonds. The Morgan fingerprint density at radius 1 is 0.620 bits per heavy atom. The smallest absolute Gasteiger partial charge is 0.268 e. The van der Waals surface area contributed by atoms with Crippen LogP contribution in [0, 0.1) is 0 Å². The van der Waals surface area contributed by atoms with Crippen molar-refractivity contribution in [2.75, 3.05) is 40.9 Å². The zero-order chi connectivity index (χ0) is 37.2. The summed E-state index contributed by atoms with van der Waals surface area (Å²) in [5.41, 5.74) is 0. The first-order valence-electron chi connectivity index (χ1n) is 21.4. The van der Waals surface area contributed by atoms with Crippen molar-refractivity contribution in [1.82, 2.24) is 5.32 Å². The van der Waals surface area contributed by atoms with Crippen molar-refractivity contribution in [2.45, 2.75) is 219 Å². The third-order valence-electron chi connectivity index (χ3n) is 9.85. The lowest BCUT2D eigenvalue weighted by atomic mass is 10.0. The van der Waals surface area contributed by atoms with E-state index in [2.05, 4.69) is 19.2 Å². The van der Waals surface area contributed by atoms with Crippen molar-refractivity contribution in [3.8, 4) is 0 Å². The Balaban J connectivity index is 4.28. The summed E-state index contributed by atoms with van der Waals surface area (Å²) in [6.45, 7) is 4.71. The molecular formula is C41H85N2O6P. The van der Waals surface area contributed by atoms with Crippen LogP contribution in [0.3, 0.4) is 0 Å². The number of quaternary nitrogens is 1. The van der Waals surface area contributed by atoms with Gasteiger partial charge in [-0.25, -0.2) is 0 Å². The quantitative estimate of drug-likeness (QED) is 0.0370. The second-order valence-electron chi connectivity index (χ2n) is 16.1. The molecule has 0 aromatic heterocycles. The Morgan fingerprint density at radius 3 is 1.36 bits per heavy atom. The van der Waals surface area contributed by atoms with Gasteiger partial charge < -0.3 is 28.8 Å². The SMILES string of the molecule is CCCCCCCCCCCCCCCCCCCCC(=O)N[C@@H](COP(=O)([O-])OCC[N+](C)(C)C)[C@H](O)CCCCCCCCCCCC. The van der Waals surface area contributed by atoms with Crippen molar-refractivity contribution >= 4 is 13.7 Å². The van der Waals surface area contributed by atoms with E-state index in [0.717, 1.165) is 38.5 Å². The van der Waals surface area contributed by atoms with Gasteiger partial charge >= 0.3 is 0 Å². The van der Waals surface area contributed by atoms with Crippen LogP contribution in [0.5, 0.6) is 0 Å². The van der Waals surface area contributed by atoms with Gasteiger partial charge in [0.15, 0.2) is 0 Å². The molecule has 50 heavy (non-hydrogen) atoms. The van der Waals surface area contributed by atoms with Gasteiger partial charge in [-0.3, -0.25) is 9.36 Å². The number of phosphoric ester groups is 1. The van der Waals surface area contributed by atoms with Crippen molar-refractivity contribution in [3.05, 3.63) is 0 Å². The summed E-state index contributed by atoms with van der Waals surface area (Å²) in [7, 11) is 1.31. The second kappa shape index (κ2) is 34.3. The number of nitrogens with one attached hydrogen (secondary N) is 1. The van der Waals surface area contributed by atoms with E-state index in [9.17, 15) is 19.4 Å². The van der Waals surface area contributed by atoms with E-state index in [1.165, 1.54) is 141 Å². The molecule has 0 fully saturated rings. The Morgan fingerprint density at radius 2 is 0.980 bits per heavy atom. The fourth-order valence-corrected chi connectivity index (χ4v) is 7.12. The van der Waals surface area contributed by atoms with Gasteiger partial charge in [-0.15, -0.1) is 0 Å². The number of hydrogen-bond acceptors (Lipinski definition) is 6. The average molecular weight is 733 g/mol. The minimum atomic E-state index is -4.55. The number of hydrogen-bond donors (Lipinski definition) is 2. The molecule has 0 rings (SSSR count). The summed E-state index contributed by atoms with van der Waals surface area (Å²) >= 11 is 0. The van der Waals surface area contributed by atoms with E-state index in [4.69, 9.17) is 9.05 Å². The summed E-state index contributed by atoms with van der Waals surface area (Å²) < 4.78 is 23.2. The van der Waals surface area contributed by atoms with Gasteiger partial charge in [0.25, 0.3) is 7.82 Å². The van der Waals surface area contributed by atoms with Crippen molar-refractivity contribution < 1.29 is 32.9 Å². The van der Waals surface area contributed by atoms with E-state index in [0.29, 0.717) is 23.9 Å². The number of likely N-dealkylation sites (N-methyl/N-ethyl adjacent to an activating group) is 1. The molecule has 0 heterocycles. The molecule has 0 aliphatic carbocycles. The number of rotatable bonds is 39. The number of amides is 1. The van der Waals surface area contributed by atoms with E-state index in [-0.39, 0.29) is 19.1 Å². The van der Waals surface area contributed by atoms with Crippen LogP contribution in [-0.2, 0) is 18.4 Å². The monoisotopic (exact) mass is 733 g/mol. The van der Waals surface area contributed by atoms with Crippen LogP contribution in [0.25, 0.3) is 0 Å². The van der Waals surface area contributed by atoms with Crippen molar-refractivity contribution in [3.63, 3.8) is 0 Å². The molecule has 9 heteroatoms. The van der Waals surface area contributed by atoms with Crippen LogP contribution in [-0.4, -0.2) is 68.5 Å². The van der Waals surface area contributed by atoms with E-state index >= 15 is 0 Å². The average Bonchev–Trinajstić information content (AvgIpc) is 3.06. The van der Waals surface area contributed by atoms with Gasteiger partial charge in [-0.2, -0.15) is 0 Å². The Kier molecular flexibility index (Phi) is 33.9. The first-order valence-corrected chi connectivity index (χ1v) is 22.8. The maximum Gasteiger partial charge on any atom is 0.268 e. The molecule has 2 N–H and O–H groups in total. The molecule has 0 aromatic carbocycles. The molecule has 300 valence electrons. The lowest BCUT2D eigenvalue weighted by Gasteiger charge is -2.30. The molecule has 0 spiro atoms. The number of nitrogens with zero attached hydrogens (tertiary/aromatic N) is 1. The summed E-state index contributed by atoms with van der Waals surface area (Å²) in [6.07, 6.45) is 35.3. The van der Waals surface area contributed by atoms with Gasteiger partial charge in [0, 0.05) is 6.42 Å². The van der Waals surface area contributed by atoms with Gasteiger partial charge in [-0.1, -0.05) is 187 Å². The highest BCUT2D eigenvalue weighted by atomic mass is 31.2. The molecule has 1 unspecified atom stereocenters. The van der Waals surface area contributed by atoms with Gasteiger partial charge in [0.05, 0.1) is 39.9 Å². The molecular weight excluding hydrogens is 647 g/mol. The number of unbranched alkanes of at least 4 members (excludes halogenated alkanes) is 26. The number of aliphatic hydroxyl groups excluding tert-OH is 1. The van der Waals surface area contributed by atoms with Gasteiger partial charge in [-0.05, 0) is 12.8 Å². The topological polar surface area (TPSA) is 108 Å². The number of aliphatic hydroxyl groups is 1. The Labute approximate surface area is 310 Å². The molecule has 3 atom stereocenters. The first kappa shape index (κ1) is 49.5.